The number of aromatic nitrogens is 2. The van der Waals surface area contributed by atoms with Gasteiger partial charge in [-0.05, 0) is 43.2 Å². The Morgan fingerprint density at radius 2 is 1.76 bits per heavy atom. The Bertz CT molecular complexity index is 1070. The lowest BCUT2D eigenvalue weighted by Gasteiger charge is -2.37. The van der Waals surface area contributed by atoms with E-state index in [1.165, 1.54) is 16.8 Å². The molecule has 1 N–H and O–H groups in total. The van der Waals surface area contributed by atoms with Gasteiger partial charge in [-0.15, -0.1) is 0 Å². The first kappa shape index (κ1) is 19.5. The van der Waals surface area contributed by atoms with Crippen molar-refractivity contribution in [3.63, 3.8) is 0 Å². The van der Waals surface area contributed by atoms with Crippen LogP contribution in [-0.2, 0) is 6.54 Å². The summed E-state index contributed by atoms with van der Waals surface area (Å²) in [7, 11) is 1.83. The fraction of sp³-hybridized carbons (Fsp3) is 0.391. The summed E-state index contributed by atoms with van der Waals surface area (Å²) in [5.74, 6) is 0. The molecule has 6 heteroatoms. The van der Waals surface area contributed by atoms with Crippen molar-refractivity contribution in [3.05, 3.63) is 64.2 Å². The minimum atomic E-state index is 0.0222. The number of hydrogen-bond acceptors (Lipinski definition) is 5. The number of nitrogens with one attached hydrogen (secondary N) is 1. The van der Waals surface area contributed by atoms with E-state index in [1.54, 1.807) is 10.9 Å². The Morgan fingerprint density at radius 1 is 1.00 bits per heavy atom. The first-order valence-corrected chi connectivity index (χ1v) is 10.3. The van der Waals surface area contributed by atoms with Crippen molar-refractivity contribution in [2.24, 2.45) is 0 Å². The van der Waals surface area contributed by atoms with Gasteiger partial charge in [0.15, 0.2) is 0 Å². The highest BCUT2D eigenvalue weighted by Gasteiger charge is 2.19. The van der Waals surface area contributed by atoms with Crippen LogP contribution in [0, 0.1) is 13.8 Å². The highest BCUT2D eigenvalue weighted by Crippen LogP contribution is 2.24. The molecule has 1 fully saturated rings. The average Bonchev–Trinajstić information content (AvgIpc) is 2.75. The molecule has 29 heavy (non-hydrogen) atoms. The molecule has 1 aliphatic heterocycles. The van der Waals surface area contributed by atoms with E-state index >= 15 is 0 Å². The SMILES string of the molecule is CNc1cccc2ncn(CCN3CCN(c4cccc(C)c4C)CC3)c(=O)c12. The lowest BCUT2D eigenvalue weighted by atomic mass is 10.1. The molecular formula is C23H29N5O. The van der Waals surface area contributed by atoms with Crippen LogP contribution in [0.1, 0.15) is 11.1 Å². The zero-order valence-corrected chi connectivity index (χ0v) is 17.5. The van der Waals surface area contributed by atoms with Gasteiger partial charge < -0.3 is 10.2 Å². The second kappa shape index (κ2) is 8.25. The van der Waals surface area contributed by atoms with Crippen LogP contribution in [-0.4, -0.2) is 54.2 Å². The highest BCUT2D eigenvalue weighted by atomic mass is 16.1. The predicted octanol–water partition coefficient (Wildman–Crippen LogP) is 2.88. The molecule has 4 rings (SSSR count). The molecule has 3 aromatic rings. The Labute approximate surface area is 171 Å². The first-order valence-electron chi connectivity index (χ1n) is 10.3. The third-order valence-electron chi connectivity index (χ3n) is 6.07. The van der Waals surface area contributed by atoms with E-state index in [-0.39, 0.29) is 5.56 Å². The van der Waals surface area contributed by atoms with Crippen LogP contribution in [0.5, 0.6) is 0 Å². The lowest BCUT2D eigenvalue weighted by molar-refractivity contribution is 0.247. The summed E-state index contributed by atoms with van der Waals surface area (Å²) in [6.45, 7) is 9.92. The number of piperazine rings is 1. The summed E-state index contributed by atoms with van der Waals surface area (Å²) in [6.07, 6.45) is 1.68. The second-order valence-electron chi connectivity index (χ2n) is 7.74. The highest BCUT2D eigenvalue weighted by molar-refractivity contribution is 5.90. The van der Waals surface area contributed by atoms with Gasteiger partial charge in [-0.1, -0.05) is 18.2 Å². The van der Waals surface area contributed by atoms with Crippen molar-refractivity contribution in [2.75, 3.05) is 50.0 Å². The largest absolute Gasteiger partial charge is 0.387 e. The number of aryl methyl sites for hydroxylation is 1. The maximum Gasteiger partial charge on any atom is 0.263 e. The van der Waals surface area contributed by atoms with Gasteiger partial charge in [-0.25, -0.2) is 4.98 Å². The number of hydrogen-bond donors (Lipinski definition) is 1. The van der Waals surface area contributed by atoms with E-state index in [0.29, 0.717) is 11.9 Å². The first-order chi connectivity index (χ1) is 14.1. The van der Waals surface area contributed by atoms with Crippen LogP contribution in [0.3, 0.4) is 0 Å². The van der Waals surface area contributed by atoms with Crippen LogP contribution >= 0.6 is 0 Å². The summed E-state index contributed by atoms with van der Waals surface area (Å²) in [6, 6.07) is 12.3. The molecule has 6 nitrogen and oxygen atoms in total. The molecule has 0 aliphatic carbocycles. The Kier molecular flexibility index (Phi) is 5.53. The molecule has 0 atom stereocenters. The van der Waals surface area contributed by atoms with Crippen molar-refractivity contribution in [3.8, 4) is 0 Å². The fourth-order valence-electron chi connectivity index (χ4n) is 4.11. The van der Waals surface area contributed by atoms with E-state index in [0.717, 1.165) is 43.9 Å². The van der Waals surface area contributed by atoms with Gasteiger partial charge in [0.25, 0.3) is 5.56 Å². The maximum atomic E-state index is 12.9. The summed E-state index contributed by atoms with van der Waals surface area (Å²) in [5.41, 5.74) is 5.65. The predicted molar refractivity (Wildman–Crippen MR) is 120 cm³/mol. The van der Waals surface area contributed by atoms with Gasteiger partial charge in [0.05, 0.1) is 17.2 Å². The summed E-state index contributed by atoms with van der Waals surface area (Å²) < 4.78 is 1.74. The quantitative estimate of drug-likeness (QED) is 0.725. The normalized spacial score (nSPS) is 15.1. The third-order valence-corrected chi connectivity index (χ3v) is 6.07. The molecule has 2 aromatic carbocycles. The van der Waals surface area contributed by atoms with Gasteiger partial charge in [-0.3, -0.25) is 14.3 Å². The molecule has 2 heterocycles. The number of fused-ring (bicyclic) bond motifs is 1. The topological polar surface area (TPSA) is 53.4 Å². The molecule has 1 saturated heterocycles. The van der Waals surface area contributed by atoms with E-state index in [2.05, 4.69) is 52.1 Å². The summed E-state index contributed by atoms with van der Waals surface area (Å²) >= 11 is 0. The summed E-state index contributed by atoms with van der Waals surface area (Å²) in [5, 5.41) is 3.77. The van der Waals surface area contributed by atoms with Crippen molar-refractivity contribution < 1.29 is 0 Å². The maximum absolute atomic E-state index is 12.9. The fourth-order valence-corrected chi connectivity index (χ4v) is 4.11. The molecule has 0 bridgehead atoms. The molecule has 1 aromatic heterocycles. The van der Waals surface area contributed by atoms with Gasteiger partial charge in [-0.2, -0.15) is 0 Å². The van der Waals surface area contributed by atoms with Crippen LogP contribution in [0.25, 0.3) is 10.9 Å². The number of anilines is 2. The van der Waals surface area contributed by atoms with E-state index in [1.807, 2.05) is 25.2 Å². The smallest absolute Gasteiger partial charge is 0.263 e. The second-order valence-corrected chi connectivity index (χ2v) is 7.74. The van der Waals surface area contributed by atoms with E-state index in [9.17, 15) is 4.79 Å². The summed E-state index contributed by atoms with van der Waals surface area (Å²) in [4.78, 5) is 22.3. The van der Waals surface area contributed by atoms with Crippen molar-refractivity contribution in [2.45, 2.75) is 20.4 Å². The van der Waals surface area contributed by atoms with Crippen LogP contribution < -0.4 is 15.8 Å². The molecule has 0 amide bonds. The Balaban J connectivity index is 1.41. The molecular weight excluding hydrogens is 362 g/mol. The standard InChI is InChI=1S/C23H29N5O/c1-17-6-4-9-21(18(17)2)27-13-10-26(11-14-27)12-15-28-16-25-20-8-5-7-19(24-3)22(20)23(28)29/h4-9,16,24H,10-15H2,1-3H3. The molecule has 152 valence electrons. The number of rotatable bonds is 5. The molecule has 1 aliphatic rings. The third kappa shape index (κ3) is 3.85. The molecule has 0 unspecified atom stereocenters. The molecule has 0 radical (unpaired) electrons. The Morgan fingerprint density at radius 3 is 2.52 bits per heavy atom. The van der Waals surface area contributed by atoms with Crippen molar-refractivity contribution >= 4 is 22.3 Å². The lowest BCUT2D eigenvalue weighted by Crippen LogP contribution is -2.47. The van der Waals surface area contributed by atoms with E-state index in [4.69, 9.17) is 0 Å². The van der Waals surface area contributed by atoms with Crippen LogP contribution in [0.2, 0.25) is 0 Å². The minimum absolute atomic E-state index is 0.0222. The number of nitrogens with zero attached hydrogens (tertiary/aromatic N) is 4. The average molecular weight is 392 g/mol. The van der Waals surface area contributed by atoms with Gasteiger partial charge in [0.1, 0.15) is 0 Å². The molecule has 0 spiro atoms. The van der Waals surface area contributed by atoms with Crippen LogP contribution in [0.15, 0.2) is 47.5 Å². The monoisotopic (exact) mass is 391 g/mol. The van der Waals surface area contributed by atoms with Gasteiger partial charge in [0.2, 0.25) is 0 Å². The number of benzene rings is 2. The molecule has 0 saturated carbocycles. The van der Waals surface area contributed by atoms with E-state index < -0.39 is 0 Å². The van der Waals surface area contributed by atoms with Crippen molar-refractivity contribution in [1.29, 1.82) is 0 Å². The Hall–Kier alpha value is -2.86. The van der Waals surface area contributed by atoms with Crippen LogP contribution in [0.4, 0.5) is 11.4 Å². The zero-order valence-electron chi connectivity index (χ0n) is 17.5. The van der Waals surface area contributed by atoms with Gasteiger partial charge >= 0.3 is 0 Å². The van der Waals surface area contributed by atoms with Crippen molar-refractivity contribution in [1.82, 2.24) is 14.5 Å². The zero-order chi connectivity index (χ0) is 20.4. The minimum Gasteiger partial charge on any atom is -0.387 e. The van der Waals surface area contributed by atoms with Gasteiger partial charge in [0, 0.05) is 57.7 Å².